The Bertz CT molecular complexity index is 3170. The number of carboxylic acids is 3. The van der Waals surface area contributed by atoms with Crippen LogP contribution >= 0.6 is 0 Å². The van der Waals surface area contributed by atoms with Crippen molar-refractivity contribution in [2.45, 2.75) is 152 Å². The van der Waals surface area contributed by atoms with E-state index >= 15 is 0 Å². The number of hydrogen-bond acceptors (Lipinski definition) is 12. The first-order valence-corrected chi connectivity index (χ1v) is 31.1. The molecule has 2 heterocycles. The van der Waals surface area contributed by atoms with Crippen molar-refractivity contribution in [3.63, 3.8) is 0 Å². The predicted molar refractivity (Wildman–Crippen MR) is 325 cm³/mol. The molecule has 0 bridgehead atoms. The molecule has 0 spiro atoms. The van der Waals surface area contributed by atoms with E-state index in [1.165, 1.54) is 23.0 Å². The lowest BCUT2D eigenvalue weighted by Gasteiger charge is -2.27. The largest absolute Gasteiger partial charge is 0.481 e. The Hall–Kier alpha value is -7.66. The molecule has 1 aliphatic carbocycles. The summed E-state index contributed by atoms with van der Waals surface area (Å²) in [6.07, 6.45) is 15.7. The predicted octanol–water partition coefficient (Wildman–Crippen LogP) is 8.86. The van der Waals surface area contributed by atoms with Gasteiger partial charge in [0, 0.05) is 73.4 Å². The van der Waals surface area contributed by atoms with Crippen LogP contribution in [0.1, 0.15) is 136 Å². The summed E-state index contributed by atoms with van der Waals surface area (Å²) in [6, 6.07) is 19.3. The second kappa shape index (κ2) is 32.2. The molecule has 2 atom stereocenters. The van der Waals surface area contributed by atoms with Crippen LogP contribution in [0, 0.1) is 0 Å². The fourth-order valence-corrected chi connectivity index (χ4v) is 11.4. The van der Waals surface area contributed by atoms with Crippen LogP contribution in [0.3, 0.4) is 0 Å². The van der Waals surface area contributed by atoms with Gasteiger partial charge >= 0.3 is 23.9 Å². The molecule has 466 valence electrons. The maximum Gasteiger partial charge on any atom is 0.326 e. The van der Waals surface area contributed by atoms with Crippen LogP contribution < -0.4 is 30.9 Å². The van der Waals surface area contributed by atoms with E-state index in [9.17, 15) is 52.0 Å². The molecule has 3 aromatic rings. The van der Waals surface area contributed by atoms with E-state index in [2.05, 4.69) is 114 Å². The van der Waals surface area contributed by atoms with Crippen LogP contribution in [-0.2, 0) is 54.4 Å². The molecule has 0 radical (unpaired) electrons. The highest BCUT2D eigenvalue weighted by atomic mass is 32.2. The summed E-state index contributed by atoms with van der Waals surface area (Å²) in [5.74, 6) is -3.03. The summed E-state index contributed by atoms with van der Waals surface area (Å²) in [7, 11) is -4.47. The van der Waals surface area contributed by atoms with Gasteiger partial charge in [-0.05, 0) is 137 Å². The molecule has 0 saturated carbocycles. The minimum Gasteiger partial charge on any atom is -0.481 e. The third-order valence-electron chi connectivity index (χ3n) is 15.6. The zero-order valence-corrected chi connectivity index (χ0v) is 50.8. The van der Waals surface area contributed by atoms with Gasteiger partial charge < -0.3 is 55.7 Å². The lowest BCUT2D eigenvalue weighted by atomic mass is 9.81. The van der Waals surface area contributed by atoms with Crippen LogP contribution in [-0.4, -0.2) is 139 Å². The fraction of sp³-hybridized carbons (Fsp3) is 0.484. The van der Waals surface area contributed by atoms with E-state index in [1.807, 2.05) is 30.3 Å². The minimum atomic E-state index is -4.47. The maximum atomic E-state index is 12.8. The highest BCUT2D eigenvalue weighted by Gasteiger charge is 2.45. The number of para-hydroxylation sites is 2. The number of benzene rings is 3. The molecule has 2 aliphatic heterocycles. The first-order valence-electron chi connectivity index (χ1n) is 29.7. The van der Waals surface area contributed by atoms with Gasteiger partial charge in [0.05, 0.1) is 30.1 Å². The third kappa shape index (κ3) is 19.2. The van der Waals surface area contributed by atoms with Crippen molar-refractivity contribution in [3.05, 3.63) is 131 Å². The summed E-state index contributed by atoms with van der Waals surface area (Å²) in [6.45, 7) is 13.2. The maximum absolute atomic E-state index is 12.8. The highest BCUT2D eigenvalue weighted by molar-refractivity contribution is 7.85. The standard InChI is InChI=1S/C64H84N6O15S/c1-6-7-37-69-52-25-14-13-23-48(52)63(2,3)54(69)32-27-44-19-18-20-45(59(44)85-46-21-10-8-11-22-46)28-33-55-64(4,5)49-42-47(86(80,81)82)29-31-53(49)70(55)38-17-9-12-26-56(71)66-36-39-83-40-41-84-43-57(72)65-35-16-15-24-50(60(75)76)67-62(79)68-51(61(77)78)30-34-58(73)74/h8,10-11,13-14,21-23,25,27-29,31-33,42,50-51H,6-7,9,12,15-20,24,26,30,34-41,43H2,1-5H3,(H7-,65,66,67,68,71,72,73,74,75,76,77,78,79,80,81,82)/p+1/t50-,51-/m0/s1. The number of amides is 4. The number of nitrogens with zero attached hydrogens (tertiary/aromatic N) is 2. The lowest BCUT2D eigenvalue weighted by Crippen LogP contribution is -2.51. The molecular weight excluding hydrogens is 1120 g/mol. The van der Waals surface area contributed by atoms with Crippen LogP contribution in [0.5, 0.6) is 5.75 Å². The molecule has 86 heavy (non-hydrogen) atoms. The zero-order chi connectivity index (χ0) is 62.4. The number of ether oxygens (including phenoxy) is 3. The van der Waals surface area contributed by atoms with Crippen molar-refractivity contribution in [3.8, 4) is 5.75 Å². The zero-order valence-electron chi connectivity index (χ0n) is 50.0. The number of nitrogens with one attached hydrogen (secondary N) is 4. The van der Waals surface area contributed by atoms with E-state index in [4.69, 9.17) is 19.3 Å². The number of aliphatic carboxylic acids is 3. The van der Waals surface area contributed by atoms with E-state index in [0.717, 1.165) is 91.1 Å². The summed E-state index contributed by atoms with van der Waals surface area (Å²) >= 11 is 0. The summed E-state index contributed by atoms with van der Waals surface area (Å²) in [4.78, 5) is 73.3. The first kappa shape index (κ1) is 67.5. The number of carbonyl (C=O) groups is 6. The molecule has 21 nitrogen and oxygen atoms in total. The van der Waals surface area contributed by atoms with Gasteiger partial charge in [0.2, 0.25) is 17.5 Å². The number of carboxylic acid groups (broad SMARTS) is 3. The molecule has 0 fully saturated rings. The number of rotatable bonds is 35. The van der Waals surface area contributed by atoms with Gasteiger partial charge in [-0.2, -0.15) is 13.0 Å². The molecular formula is C64H85N6O15S+. The van der Waals surface area contributed by atoms with E-state index < -0.39 is 63.9 Å². The van der Waals surface area contributed by atoms with Crippen molar-refractivity contribution in [1.82, 2.24) is 21.3 Å². The quantitative estimate of drug-likeness (QED) is 0.0155. The van der Waals surface area contributed by atoms with Crippen molar-refractivity contribution < 1.29 is 75.8 Å². The van der Waals surface area contributed by atoms with Crippen LogP contribution in [0.4, 0.5) is 16.2 Å². The minimum absolute atomic E-state index is 0.0127. The topological polar surface area (TPSA) is 300 Å². The highest BCUT2D eigenvalue weighted by Crippen LogP contribution is 2.48. The number of urea groups is 1. The normalized spacial score (nSPS) is 16.9. The van der Waals surface area contributed by atoms with Crippen molar-refractivity contribution in [1.29, 1.82) is 0 Å². The molecule has 3 aliphatic rings. The Labute approximate surface area is 504 Å². The molecule has 4 amide bonds. The molecule has 0 aromatic heterocycles. The Balaban J connectivity index is 0.984. The monoisotopic (exact) mass is 1210 g/mol. The summed E-state index contributed by atoms with van der Waals surface area (Å²) < 4.78 is 54.9. The fourth-order valence-electron chi connectivity index (χ4n) is 10.9. The Morgan fingerprint density at radius 3 is 2.12 bits per heavy atom. The molecule has 3 aromatic carbocycles. The second-order valence-electron chi connectivity index (χ2n) is 22.7. The SMILES string of the molecule is CCCCN1/C(=C/C=C2\CCCC(/C=C/C3=[N+](CCCCCC(=O)NCCOCCOCC(=O)NCCCC[C@H](NC(=O)N[C@@H](CCC(=O)O)C(=O)O)C(=O)O)c4ccc(S(=O)(=O)O)cc4C3(C)C)=C2Oc2ccccc2)C(C)(C)c2ccccc21. The summed E-state index contributed by atoms with van der Waals surface area (Å²) in [5.41, 5.74) is 7.68. The summed E-state index contributed by atoms with van der Waals surface area (Å²) in [5, 5.41) is 37.3. The van der Waals surface area contributed by atoms with E-state index in [-0.39, 0.29) is 68.6 Å². The number of hydrogen-bond donors (Lipinski definition) is 8. The van der Waals surface area contributed by atoms with Gasteiger partial charge in [0.25, 0.3) is 10.1 Å². The Morgan fingerprint density at radius 2 is 1.41 bits per heavy atom. The van der Waals surface area contributed by atoms with Crippen molar-refractivity contribution in [2.24, 2.45) is 0 Å². The van der Waals surface area contributed by atoms with Crippen molar-refractivity contribution >= 4 is 63.0 Å². The van der Waals surface area contributed by atoms with E-state index in [1.54, 1.807) is 12.1 Å². The first-order chi connectivity index (χ1) is 41.0. The molecule has 0 unspecified atom stereocenters. The van der Waals surface area contributed by atoms with Gasteiger partial charge in [-0.1, -0.05) is 69.7 Å². The van der Waals surface area contributed by atoms with Gasteiger partial charge in [-0.15, -0.1) is 0 Å². The van der Waals surface area contributed by atoms with Gasteiger partial charge in [-0.25, -0.2) is 14.4 Å². The van der Waals surface area contributed by atoms with E-state index in [0.29, 0.717) is 32.2 Å². The van der Waals surface area contributed by atoms with Gasteiger partial charge in [0.15, 0.2) is 5.71 Å². The van der Waals surface area contributed by atoms with Gasteiger partial charge in [0.1, 0.15) is 36.7 Å². The average molecular weight is 1210 g/mol. The lowest BCUT2D eigenvalue weighted by molar-refractivity contribution is -0.438. The van der Waals surface area contributed by atoms with Crippen LogP contribution in [0.15, 0.2) is 125 Å². The van der Waals surface area contributed by atoms with Crippen molar-refractivity contribution in [2.75, 3.05) is 57.5 Å². The van der Waals surface area contributed by atoms with Crippen LogP contribution in [0.2, 0.25) is 0 Å². The Kier molecular flexibility index (Phi) is 25.2. The number of anilines is 1. The second-order valence-corrected chi connectivity index (χ2v) is 24.1. The number of allylic oxidation sites excluding steroid dienone is 7. The number of carbonyl (C=O) groups excluding carboxylic acids is 3. The number of unbranched alkanes of at least 4 members (excludes halogenated alkanes) is 4. The average Bonchev–Trinajstić information content (AvgIpc) is 3.21. The molecule has 6 rings (SSSR count). The molecule has 8 N–H and O–H groups in total. The molecule has 0 saturated heterocycles. The third-order valence-corrected chi connectivity index (χ3v) is 16.4. The molecule has 22 heteroatoms. The van der Waals surface area contributed by atoms with Crippen LogP contribution in [0.25, 0.3) is 0 Å². The Morgan fingerprint density at radius 1 is 0.709 bits per heavy atom. The number of fused-ring (bicyclic) bond motifs is 2. The van der Waals surface area contributed by atoms with Gasteiger partial charge in [-0.3, -0.25) is 18.9 Å². The smallest absolute Gasteiger partial charge is 0.326 e.